The first-order valence-electron chi connectivity index (χ1n) is 11.0. The quantitative estimate of drug-likeness (QED) is 0.552. The van der Waals surface area contributed by atoms with Gasteiger partial charge in [0.05, 0.1) is 18.5 Å². The summed E-state index contributed by atoms with van der Waals surface area (Å²) in [7, 11) is 0. The van der Waals surface area contributed by atoms with Crippen LogP contribution in [0.1, 0.15) is 24.5 Å². The van der Waals surface area contributed by atoms with Crippen LogP contribution in [0, 0.1) is 0 Å². The molecule has 4 amide bonds. The third-order valence-corrected chi connectivity index (χ3v) is 5.66. The van der Waals surface area contributed by atoms with Gasteiger partial charge in [-0.05, 0) is 35.4 Å². The van der Waals surface area contributed by atoms with E-state index in [0.29, 0.717) is 11.4 Å². The van der Waals surface area contributed by atoms with Gasteiger partial charge in [0.25, 0.3) is 5.91 Å². The third kappa shape index (κ3) is 5.20. The summed E-state index contributed by atoms with van der Waals surface area (Å²) < 4.78 is 0. The summed E-state index contributed by atoms with van der Waals surface area (Å²) >= 11 is 0. The molecule has 0 radical (unpaired) electrons. The highest BCUT2D eigenvalue weighted by molar-refractivity contribution is 6.23. The van der Waals surface area contributed by atoms with Crippen molar-refractivity contribution in [3.8, 4) is 0 Å². The molecule has 1 aliphatic rings. The number of carbonyl (C=O) groups excluding carboxylic acids is 4. The summed E-state index contributed by atoms with van der Waals surface area (Å²) in [6.45, 7) is 1.63. The van der Waals surface area contributed by atoms with Gasteiger partial charge in [-0.25, -0.2) is 4.90 Å². The Hall–Kier alpha value is -4.26. The van der Waals surface area contributed by atoms with Crippen LogP contribution < -0.4 is 10.2 Å². The molecule has 7 heteroatoms. The fourth-order valence-corrected chi connectivity index (χ4v) is 4.05. The fourth-order valence-electron chi connectivity index (χ4n) is 4.05. The normalized spacial score (nSPS) is 15.3. The Bertz CT molecular complexity index is 1190. The first-order valence-corrected chi connectivity index (χ1v) is 11.0. The Labute approximate surface area is 198 Å². The molecule has 1 N–H and O–H groups in total. The zero-order chi connectivity index (χ0) is 24.1. The van der Waals surface area contributed by atoms with Gasteiger partial charge >= 0.3 is 0 Å². The van der Waals surface area contributed by atoms with Crippen LogP contribution in [-0.4, -0.2) is 34.6 Å². The Morgan fingerprint density at radius 3 is 2.06 bits per heavy atom. The van der Waals surface area contributed by atoms with Crippen LogP contribution in [0.5, 0.6) is 0 Å². The fraction of sp³-hybridized carbons (Fsp3) is 0.185. The molecule has 0 aromatic heterocycles. The van der Waals surface area contributed by atoms with Gasteiger partial charge in [-0.3, -0.25) is 19.2 Å². The van der Waals surface area contributed by atoms with Gasteiger partial charge in [-0.2, -0.15) is 0 Å². The van der Waals surface area contributed by atoms with Gasteiger partial charge in [0.1, 0.15) is 6.04 Å². The largest absolute Gasteiger partial charge is 0.326 e. The lowest BCUT2D eigenvalue weighted by molar-refractivity contribution is -0.138. The number of nitrogens with one attached hydrogen (secondary N) is 1. The van der Waals surface area contributed by atoms with Crippen molar-refractivity contribution in [2.75, 3.05) is 10.2 Å². The molecule has 1 aliphatic heterocycles. The van der Waals surface area contributed by atoms with E-state index >= 15 is 0 Å². The van der Waals surface area contributed by atoms with Crippen LogP contribution in [0.25, 0.3) is 0 Å². The molecule has 1 fully saturated rings. The summed E-state index contributed by atoms with van der Waals surface area (Å²) in [5.74, 6) is -1.24. The van der Waals surface area contributed by atoms with Gasteiger partial charge in [0.15, 0.2) is 0 Å². The molecule has 0 aliphatic carbocycles. The number of rotatable bonds is 7. The Morgan fingerprint density at radius 1 is 0.882 bits per heavy atom. The molecule has 0 saturated carbocycles. The maximum absolute atomic E-state index is 13.4. The van der Waals surface area contributed by atoms with Crippen LogP contribution in [0.3, 0.4) is 0 Å². The second-order valence-corrected chi connectivity index (χ2v) is 8.18. The number of anilines is 2. The summed E-state index contributed by atoms with van der Waals surface area (Å²) in [5.41, 5.74) is 2.69. The van der Waals surface area contributed by atoms with Crippen molar-refractivity contribution >= 4 is 35.0 Å². The van der Waals surface area contributed by atoms with Crippen molar-refractivity contribution in [1.29, 1.82) is 0 Å². The third-order valence-electron chi connectivity index (χ3n) is 5.66. The van der Waals surface area contributed by atoms with Crippen molar-refractivity contribution in [2.45, 2.75) is 32.4 Å². The number of carbonyl (C=O) groups is 4. The predicted molar refractivity (Wildman–Crippen MR) is 129 cm³/mol. The van der Waals surface area contributed by atoms with Gasteiger partial charge in [-0.1, -0.05) is 60.7 Å². The molecule has 3 aromatic carbocycles. The number of amides is 4. The van der Waals surface area contributed by atoms with Gasteiger partial charge in [-0.15, -0.1) is 0 Å². The minimum atomic E-state index is -0.890. The van der Waals surface area contributed by atoms with Crippen LogP contribution in [0.4, 0.5) is 11.4 Å². The van der Waals surface area contributed by atoms with Crippen LogP contribution >= 0.6 is 0 Å². The van der Waals surface area contributed by atoms with Crippen LogP contribution in [0.2, 0.25) is 0 Å². The van der Waals surface area contributed by atoms with Crippen LogP contribution in [0.15, 0.2) is 84.9 Å². The minimum Gasteiger partial charge on any atom is -0.326 e. The number of nitrogens with zero attached hydrogens (tertiary/aromatic N) is 2. The van der Waals surface area contributed by atoms with Crippen LogP contribution in [-0.2, 0) is 32.1 Å². The summed E-state index contributed by atoms with van der Waals surface area (Å²) in [4.78, 5) is 53.5. The average Bonchev–Trinajstić information content (AvgIpc) is 3.12. The second kappa shape index (κ2) is 10.1. The van der Waals surface area contributed by atoms with E-state index in [2.05, 4.69) is 5.32 Å². The standard InChI is InChI=1S/C27H25N3O4/c1-19(31)28-22-12-14-23(15-13-22)30-26(33)17-24(27(30)34)29(18-21-10-6-3-7-11-21)25(32)16-20-8-4-2-5-9-20/h2-15,24H,16-18H2,1H3,(H,28,31). The lowest BCUT2D eigenvalue weighted by atomic mass is 10.1. The maximum Gasteiger partial charge on any atom is 0.257 e. The molecule has 0 spiro atoms. The zero-order valence-electron chi connectivity index (χ0n) is 18.8. The summed E-state index contributed by atoms with van der Waals surface area (Å²) in [6, 6.07) is 24.3. The van der Waals surface area contributed by atoms with Crippen molar-refractivity contribution in [3.63, 3.8) is 0 Å². The van der Waals surface area contributed by atoms with E-state index in [9.17, 15) is 19.2 Å². The molecule has 3 aromatic rings. The lowest BCUT2D eigenvalue weighted by Crippen LogP contribution is -2.45. The molecule has 1 saturated heterocycles. The highest BCUT2D eigenvalue weighted by Crippen LogP contribution is 2.28. The Morgan fingerprint density at radius 2 is 1.47 bits per heavy atom. The SMILES string of the molecule is CC(=O)Nc1ccc(N2C(=O)CC(N(Cc3ccccc3)C(=O)Cc3ccccc3)C2=O)cc1. The molecule has 0 bridgehead atoms. The van der Waals surface area contributed by atoms with E-state index in [1.165, 1.54) is 11.8 Å². The summed E-state index contributed by atoms with van der Waals surface area (Å²) in [5, 5.41) is 2.66. The van der Waals surface area contributed by atoms with Crippen molar-refractivity contribution in [1.82, 2.24) is 4.90 Å². The number of hydrogen-bond donors (Lipinski definition) is 1. The van der Waals surface area contributed by atoms with E-state index < -0.39 is 11.9 Å². The predicted octanol–water partition coefficient (Wildman–Crippen LogP) is 3.55. The van der Waals surface area contributed by atoms with Crippen molar-refractivity contribution in [2.24, 2.45) is 0 Å². The topological polar surface area (TPSA) is 86.8 Å². The molecule has 1 unspecified atom stereocenters. The highest BCUT2D eigenvalue weighted by Gasteiger charge is 2.44. The van der Waals surface area contributed by atoms with Crippen molar-refractivity contribution < 1.29 is 19.2 Å². The number of hydrogen-bond acceptors (Lipinski definition) is 4. The van der Waals surface area contributed by atoms with E-state index in [1.807, 2.05) is 60.7 Å². The number of benzene rings is 3. The van der Waals surface area contributed by atoms with E-state index in [-0.39, 0.29) is 37.1 Å². The molecule has 1 heterocycles. The molecule has 1 atom stereocenters. The van der Waals surface area contributed by atoms with Crippen molar-refractivity contribution in [3.05, 3.63) is 96.1 Å². The zero-order valence-corrected chi connectivity index (χ0v) is 18.8. The molecule has 172 valence electrons. The van der Waals surface area contributed by atoms with E-state index in [0.717, 1.165) is 16.0 Å². The average molecular weight is 456 g/mol. The van der Waals surface area contributed by atoms with Gasteiger partial charge in [0.2, 0.25) is 17.7 Å². The van der Waals surface area contributed by atoms with Gasteiger partial charge in [0, 0.05) is 19.2 Å². The maximum atomic E-state index is 13.4. The van der Waals surface area contributed by atoms with E-state index in [1.54, 1.807) is 24.3 Å². The Balaban J connectivity index is 1.59. The minimum absolute atomic E-state index is 0.0837. The molecule has 4 rings (SSSR count). The molecular weight excluding hydrogens is 430 g/mol. The monoisotopic (exact) mass is 455 g/mol. The highest BCUT2D eigenvalue weighted by atomic mass is 16.2. The first kappa shape index (κ1) is 22.9. The molecule has 7 nitrogen and oxygen atoms in total. The molecule has 34 heavy (non-hydrogen) atoms. The smallest absolute Gasteiger partial charge is 0.257 e. The molecular formula is C27H25N3O4. The second-order valence-electron chi connectivity index (χ2n) is 8.18. The van der Waals surface area contributed by atoms with Gasteiger partial charge < -0.3 is 10.2 Å². The lowest BCUT2D eigenvalue weighted by Gasteiger charge is -2.28. The first-order chi connectivity index (χ1) is 16.4. The summed E-state index contributed by atoms with van der Waals surface area (Å²) in [6.07, 6.45) is 0.0523. The Kier molecular flexibility index (Phi) is 6.82. The van der Waals surface area contributed by atoms with E-state index in [4.69, 9.17) is 0 Å². The number of imide groups is 1.